The van der Waals surface area contributed by atoms with Crippen LogP contribution in [0.2, 0.25) is 0 Å². The molecule has 1 amide bonds. The van der Waals surface area contributed by atoms with Gasteiger partial charge in [-0.25, -0.2) is 0 Å². The number of hydrogen-bond acceptors (Lipinski definition) is 4. The van der Waals surface area contributed by atoms with Gasteiger partial charge in [0.15, 0.2) is 11.5 Å². The number of likely N-dealkylation sites (tertiary alicyclic amines) is 1. The maximum atomic E-state index is 11.4. The van der Waals surface area contributed by atoms with Crippen LogP contribution in [-0.4, -0.2) is 35.6 Å². The van der Waals surface area contributed by atoms with Gasteiger partial charge in [-0.1, -0.05) is 6.07 Å². The maximum Gasteiger partial charge on any atom is 0.224 e. The highest BCUT2D eigenvalue weighted by atomic mass is 16.5. The van der Waals surface area contributed by atoms with Gasteiger partial charge < -0.3 is 15.6 Å². The average molecular weight is 278 g/mol. The molecule has 1 aliphatic rings. The summed E-state index contributed by atoms with van der Waals surface area (Å²) in [6.07, 6.45) is 0.790. The van der Waals surface area contributed by atoms with Crippen molar-refractivity contribution in [3.05, 3.63) is 23.8 Å². The third-order valence-electron chi connectivity index (χ3n) is 3.88. The van der Waals surface area contributed by atoms with E-state index in [9.17, 15) is 9.90 Å². The molecule has 1 aliphatic heterocycles. The van der Waals surface area contributed by atoms with Crippen molar-refractivity contribution in [2.75, 3.05) is 19.7 Å². The van der Waals surface area contributed by atoms with Crippen molar-refractivity contribution in [1.82, 2.24) is 4.90 Å². The zero-order valence-corrected chi connectivity index (χ0v) is 12.1. The number of rotatable bonds is 5. The van der Waals surface area contributed by atoms with Gasteiger partial charge in [0.1, 0.15) is 0 Å². The molecule has 1 heterocycles. The van der Waals surface area contributed by atoms with Crippen LogP contribution >= 0.6 is 0 Å². The van der Waals surface area contributed by atoms with Crippen molar-refractivity contribution < 1.29 is 14.6 Å². The van der Waals surface area contributed by atoms with Crippen LogP contribution in [0.25, 0.3) is 0 Å². The van der Waals surface area contributed by atoms with Crippen molar-refractivity contribution >= 4 is 5.91 Å². The van der Waals surface area contributed by atoms with E-state index in [0.717, 1.165) is 25.1 Å². The lowest BCUT2D eigenvalue weighted by atomic mass is 9.89. The van der Waals surface area contributed by atoms with Crippen molar-refractivity contribution in [2.45, 2.75) is 26.8 Å². The van der Waals surface area contributed by atoms with E-state index < -0.39 is 5.41 Å². The van der Waals surface area contributed by atoms with E-state index in [1.807, 2.05) is 26.0 Å². The molecule has 20 heavy (non-hydrogen) atoms. The van der Waals surface area contributed by atoms with E-state index in [-0.39, 0.29) is 11.7 Å². The Labute approximate surface area is 119 Å². The van der Waals surface area contributed by atoms with Crippen LogP contribution in [0, 0.1) is 5.41 Å². The van der Waals surface area contributed by atoms with Crippen molar-refractivity contribution in [3.63, 3.8) is 0 Å². The minimum atomic E-state index is -0.431. The van der Waals surface area contributed by atoms with Crippen LogP contribution in [0.1, 0.15) is 25.8 Å². The number of amides is 1. The Hall–Kier alpha value is -1.75. The molecule has 5 heteroatoms. The quantitative estimate of drug-likeness (QED) is 0.855. The lowest BCUT2D eigenvalue weighted by molar-refractivity contribution is -0.126. The summed E-state index contributed by atoms with van der Waals surface area (Å²) in [5, 5.41) is 9.68. The zero-order valence-electron chi connectivity index (χ0n) is 12.1. The van der Waals surface area contributed by atoms with Crippen LogP contribution in [0.5, 0.6) is 11.5 Å². The number of nitrogens with zero attached hydrogens (tertiary/aromatic N) is 1. The van der Waals surface area contributed by atoms with E-state index in [1.165, 1.54) is 0 Å². The number of nitrogens with two attached hydrogens (primary N) is 1. The minimum Gasteiger partial charge on any atom is -0.504 e. The molecule has 0 saturated carbocycles. The Bertz CT molecular complexity index is 504. The third-order valence-corrected chi connectivity index (χ3v) is 3.88. The lowest BCUT2D eigenvalue weighted by Gasteiger charge is -2.21. The molecule has 1 saturated heterocycles. The predicted molar refractivity (Wildman–Crippen MR) is 76.5 cm³/mol. The van der Waals surface area contributed by atoms with E-state index in [1.54, 1.807) is 6.07 Å². The van der Waals surface area contributed by atoms with Crippen molar-refractivity contribution in [1.29, 1.82) is 0 Å². The fourth-order valence-corrected chi connectivity index (χ4v) is 2.58. The second kappa shape index (κ2) is 5.71. The number of hydrogen-bond donors (Lipinski definition) is 2. The number of phenolic OH excluding ortho intramolecular Hbond substituents is 1. The molecule has 2 rings (SSSR count). The summed E-state index contributed by atoms with van der Waals surface area (Å²) in [5.74, 6) is 0.418. The van der Waals surface area contributed by atoms with Gasteiger partial charge in [-0.3, -0.25) is 9.69 Å². The number of phenols is 1. The molecule has 0 aromatic heterocycles. The normalized spacial score (nSPS) is 22.9. The molecule has 0 aliphatic carbocycles. The van der Waals surface area contributed by atoms with Crippen LogP contribution in [-0.2, 0) is 11.3 Å². The van der Waals surface area contributed by atoms with Crippen LogP contribution < -0.4 is 10.5 Å². The first-order chi connectivity index (χ1) is 9.44. The first-order valence-corrected chi connectivity index (χ1v) is 6.91. The largest absolute Gasteiger partial charge is 0.504 e. The van der Waals surface area contributed by atoms with Gasteiger partial charge in [0.25, 0.3) is 0 Å². The first kappa shape index (κ1) is 14.7. The second-order valence-electron chi connectivity index (χ2n) is 5.62. The highest BCUT2D eigenvalue weighted by Crippen LogP contribution is 2.32. The zero-order chi connectivity index (χ0) is 14.8. The van der Waals surface area contributed by atoms with Gasteiger partial charge in [0, 0.05) is 13.1 Å². The SMILES string of the molecule is CCOc1cc(CN2CCC(C)(C(N)=O)C2)ccc1O. The summed E-state index contributed by atoms with van der Waals surface area (Å²) >= 11 is 0. The number of carbonyl (C=O) groups is 1. The van der Waals surface area contributed by atoms with Crippen LogP contribution in [0.3, 0.4) is 0 Å². The molecule has 5 nitrogen and oxygen atoms in total. The van der Waals surface area contributed by atoms with Crippen molar-refractivity contribution in [2.24, 2.45) is 11.1 Å². The Balaban J connectivity index is 2.04. The second-order valence-corrected chi connectivity index (χ2v) is 5.62. The van der Waals surface area contributed by atoms with E-state index in [2.05, 4.69) is 4.90 Å². The van der Waals surface area contributed by atoms with Crippen LogP contribution in [0.15, 0.2) is 18.2 Å². The molecule has 1 fully saturated rings. The maximum absolute atomic E-state index is 11.4. The number of carbonyl (C=O) groups excluding carboxylic acids is 1. The smallest absolute Gasteiger partial charge is 0.224 e. The molecular weight excluding hydrogens is 256 g/mol. The molecular formula is C15H22N2O3. The molecule has 110 valence electrons. The monoisotopic (exact) mass is 278 g/mol. The fraction of sp³-hybridized carbons (Fsp3) is 0.533. The highest BCUT2D eigenvalue weighted by Gasteiger charge is 2.38. The highest BCUT2D eigenvalue weighted by molar-refractivity contribution is 5.81. The Morgan fingerprint density at radius 1 is 1.55 bits per heavy atom. The minimum absolute atomic E-state index is 0.152. The summed E-state index contributed by atoms with van der Waals surface area (Å²) in [6, 6.07) is 5.36. The van der Waals surface area contributed by atoms with Gasteiger partial charge in [-0.05, 0) is 44.5 Å². The summed E-state index contributed by atoms with van der Waals surface area (Å²) in [6.45, 7) is 6.56. The molecule has 1 atom stereocenters. The number of aromatic hydroxyl groups is 1. The number of primary amides is 1. The summed E-state index contributed by atoms with van der Waals surface area (Å²) in [5.41, 5.74) is 6.08. The number of ether oxygens (including phenoxy) is 1. The predicted octanol–water partition coefficient (Wildman–Crippen LogP) is 1.49. The molecule has 0 bridgehead atoms. The Morgan fingerprint density at radius 2 is 2.30 bits per heavy atom. The molecule has 0 spiro atoms. The van der Waals surface area contributed by atoms with Gasteiger partial charge in [0.05, 0.1) is 12.0 Å². The summed E-state index contributed by atoms with van der Waals surface area (Å²) in [4.78, 5) is 13.6. The van der Waals surface area contributed by atoms with E-state index >= 15 is 0 Å². The lowest BCUT2D eigenvalue weighted by Crippen LogP contribution is -2.36. The molecule has 3 N–H and O–H groups in total. The van der Waals surface area contributed by atoms with Gasteiger partial charge in [-0.15, -0.1) is 0 Å². The average Bonchev–Trinajstić information content (AvgIpc) is 2.77. The Kier molecular flexibility index (Phi) is 4.18. The molecule has 1 aromatic rings. The van der Waals surface area contributed by atoms with Gasteiger partial charge >= 0.3 is 0 Å². The summed E-state index contributed by atoms with van der Waals surface area (Å²) in [7, 11) is 0. The van der Waals surface area contributed by atoms with Gasteiger partial charge in [0.2, 0.25) is 5.91 Å². The van der Waals surface area contributed by atoms with Gasteiger partial charge in [-0.2, -0.15) is 0 Å². The third kappa shape index (κ3) is 3.04. The molecule has 1 aromatic carbocycles. The topological polar surface area (TPSA) is 75.8 Å². The summed E-state index contributed by atoms with van der Waals surface area (Å²) < 4.78 is 5.38. The van der Waals surface area contributed by atoms with Crippen molar-refractivity contribution in [3.8, 4) is 11.5 Å². The van der Waals surface area contributed by atoms with Crippen LogP contribution in [0.4, 0.5) is 0 Å². The fourth-order valence-electron chi connectivity index (χ4n) is 2.58. The van der Waals surface area contributed by atoms with E-state index in [0.29, 0.717) is 18.9 Å². The molecule has 0 radical (unpaired) electrons. The standard InChI is InChI=1S/C15H22N2O3/c1-3-20-13-8-11(4-5-12(13)18)9-17-7-6-15(2,10-17)14(16)19/h4-5,8,18H,3,6-7,9-10H2,1-2H3,(H2,16,19). The molecule has 1 unspecified atom stereocenters. The number of benzene rings is 1. The van der Waals surface area contributed by atoms with E-state index in [4.69, 9.17) is 10.5 Å². The first-order valence-electron chi connectivity index (χ1n) is 6.91. The Morgan fingerprint density at radius 3 is 2.90 bits per heavy atom.